The summed E-state index contributed by atoms with van der Waals surface area (Å²) in [6.45, 7) is 8.84. The number of rotatable bonds is 9. The molecule has 2 heterocycles. The molecule has 3 rings (SSSR count). The molecule has 0 saturated carbocycles. The quantitative estimate of drug-likeness (QED) is 0.650. The molecule has 2 aromatic rings. The fourth-order valence-corrected chi connectivity index (χ4v) is 3.61. The molecule has 7 nitrogen and oxygen atoms in total. The fraction of sp³-hybridized carbons (Fsp3) is 0.632. The van der Waals surface area contributed by atoms with Crippen LogP contribution in [-0.4, -0.2) is 69.9 Å². The molecule has 1 aliphatic rings. The van der Waals surface area contributed by atoms with Crippen LogP contribution in [0.5, 0.6) is 0 Å². The highest BCUT2D eigenvalue weighted by Gasteiger charge is 2.28. The van der Waals surface area contributed by atoms with Gasteiger partial charge in [0.05, 0.1) is 19.2 Å². The van der Waals surface area contributed by atoms with Crippen molar-refractivity contribution < 1.29 is 4.74 Å². The van der Waals surface area contributed by atoms with E-state index in [1.807, 2.05) is 4.68 Å². The zero-order chi connectivity index (χ0) is 18.2. The van der Waals surface area contributed by atoms with Crippen molar-refractivity contribution in [2.24, 2.45) is 0 Å². The summed E-state index contributed by atoms with van der Waals surface area (Å²) in [5.41, 5.74) is 1.38. The molecule has 27 heavy (non-hydrogen) atoms. The van der Waals surface area contributed by atoms with Crippen molar-refractivity contribution in [3.05, 3.63) is 41.7 Å². The first-order valence-corrected chi connectivity index (χ1v) is 9.57. The standard InChI is InChI=1S/C19H30N6O.ClH/c1-3-7-18(19-20-21-22-25(19)14-15-26-2)24-12-10-23(11-13-24)16-17-8-5-4-6-9-17;/h4-6,8-9,18H,3,7,10-16H2,1-2H3;1H. The Labute approximate surface area is 168 Å². The molecule has 1 unspecified atom stereocenters. The second-order valence-electron chi connectivity index (χ2n) is 6.86. The van der Waals surface area contributed by atoms with Crippen molar-refractivity contribution in [2.75, 3.05) is 39.9 Å². The van der Waals surface area contributed by atoms with Gasteiger partial charge in [0.2, 0.25) is 0 Å². The van der Waals surface area contributed by atoms with Crippen LogP contribution >= 0.6 is 12.4 Å². The lowest BCUT2D eigenvalue weighted by atomic mass is 10.1. The van der Waals surface area contributed by atoms with E-state index in [4.69, 9.17) is 4.74 Å². The number of aromatic nitrogens is 4. The van der Waals surface area contributed by atoms with Gasteiger partial charge in [0.15, 0.2) is 5.82 Å². The molecule has 0 spiro atoms. The zero-order valence-corrected chi connectivity index (χ0v) is 17.1. The van der Waals surface area contributed by atoms with Gasteiger partial charge in [-0.05, 0) is 22.4 Å². The van der Waals surface area contributed by atoms with Gasteiger partial charge < -0.3 is 4.74 Å². The van der Waals surface area contributed by atoms with Crippen molar-refractivity contribution in [1.29, 1.82) is 0 Å². The summed E-state index contributed by atoms with van der Waals surface area (Å²) >= 11 is 0. The van der Waals surface area contributed by atoms with Crippen molar-refractivity contribution in [2.45, 2.75) is 38.9 Å². The summed E-state index contributed by atoms with van der Waals surface area (Å²) in [6, 6.07) is 11.0. The first-order valence-electron chi connectivity index (χ1n) is 9.57. The van der Waals surface area contributed by atoms with Gasteiger partial charge >= 0.3 is 0 Å². The minimum atomic E-state index is 0. The van der Waals surface area contributed by atoms with E-state index in [2.05, 4.69) is 62.6 Å². The molecule has 0 aliphatic carbocycles. The van der Waals surface area contributed by atoms with Crippen molar-refractivity contribution in [3.8, 4) is 0 Å². The average Bonchev–Trinajstić information content (AvgIpc) is 3.14. The first-order chi connectivity index (χ1) is 12.8. The molecule has 1 fully saturated rings. The summed E-state index contributed by atoms with van der Waals surface area (Å²) < 4.78 is 7.09. The number of piperazine rings is 1. The van der Waals surface area contributed by atoms with Crippen molar-refractivity contribution in [1.82, 2.24) is 30.0 Å². The van der Waals surface area contributed by atoms with E-state index in [1.54, 1.807) is 7.11 Å². The molecular weight excluding hydrogens is 364 g/mol. The van der Waals surface area contributed by atoms with Crippen molar-refractivity contribution >= 4 is 12.4 Å². The fourth-order valence-electron chi connectivity index (χ4n) is 3.61. The summed E-state index contributed by atoms with van der Waals surface area (Å²) in [6.07, 6.45) is 2.19. The van der Waals surface area contributed by atoms with Gasteiger partial charge in [0.25, 0.3) is 0 Å². The van der Waals surface area contributed by atoms with Crippen LogP contribution < -0.4 is 0 Å². The molecule has 0 amide bonds. The Morgan fingerprint density at radius 1 is 1.11 bits per heavy atom. The zero-order valence-electron chi connectivity index (χ0n) is 16.3. The third kappa shape index (κ3) is 5.97. The van der Waals surface area contributed by atoms with Gasteiger partial charge in [-0.1, -0.05) is 43.7 Å². The van der Waals surface area contributed by atoms with Crippen LogP contribution in [0.25, 0.3) is 0 Å². The normalized spacial score (nSPS) is 16.8. The summed E-state index contributed by atoms with van der Waals surface area (Å²) in [5.74, 6) is 0.973. The Hall–Kier alpha value is -1.54. The predicted molar refractivity (Wildman–Crippen MR) is 108 cm³/mol. The molecular formula is C19H31ClN6O. The monoisotopic (exact) mass is 394 g/mol. The Morgan fingerprint density at radius 2 is 1.85 bits per heavy atom. The first kappa shape index (κ1) is 21.8. The van der Waals surface area contributed by atoms with E-state index in [1.165, 1.54) is 5.56 Å². The van der Waals surface area contributed by atoms with E-state index in [-0.39, 0.29) is 18.4 Å². The Morgan fingerprint density at radius 3 is 2.52 bits per heavy atom. The highest BCUT2D eigenvalue weighted by molar-refractivity contribution is 5.85. The lowest BCUT2D eigenvalue weighted by Crippen LogP contribution is -2.47. The number of hydrogen-bond donors (Lipinski definition) is 0. The Kier molecular flexibility index (Phi) is 9.14. The van der Waals surface area contributed by atoms with Crippen LogP contribution in [0.15, 0.2) is 30.3 Å². The molecule has 150 valence electrons. The number of tetrazole rings is 1. The summed E-state index contributed by atoms with van der Waals surface area (Å²) in [5, 5.41) is 12.4. The third-order valence-electron chi connectivity index (χ3n) is 5.02. The van der Waals surface area contributed by atoms with E-state index < -0.39 is 0 Å². The molecule has 1 aromatic carbocycles. The molecule has 1 aromatic heterocycles. The lowest BCUT2D eigenvalue weighted by Gasteiger charge is -2.38. The van der Waals surface area contributed by atoms with Gasteiger partial charge in [0.1, 0.15) is 0 Å². The smallest absolute Gasteiger partial charge is 0.168 e. The molecule has 1 atom stereocenters. The van der Waals surface area contributed by atoms with Gasteiger partial charge in [-0.15, -0.1) is 17.5 Å². The number of benzene rings is 1. The van der Waals surface area contributed by atoms with E-state index in [9.17, 15) is 0 Å². The highest BCUT2D eigenvalue weighted by Crippen LogP contribution is 2.25. The van der Waals surface area contributed by atoms with E-state index in [0.29, 0.717) is 13.2 Å². The summed E-state index contributed by atoms with van der Waals surface area (Å²) in [7, 11) is 1.71. The Balaban J connectivity index is 0.00000261. The van der Waals surface area contributed by atoms with Crippen LogP contribution in [0.1, 0.15) is 37.2 Å². The maximum atomic E-state index is 5.19. The van der Waals surface area contributed by atoms with E-state index >= 15 is 0 Å². The van der Waals surface area contributed by atoms with Crippen molar-refractivity contribution in [3.63, 3.8) is 0 Å². The predicted octanol–water partition coefficient (Wildman–Crippen LogP) is 2.40. The number of ether oxygens (including phenoxy) is 1. The highest BCUT2D eigenvalue weighted by atomic mass is 35.5. The number of halogens is 1. The minimum absolute atomic E-state index is 0. The second-order valence-corrected chi connectivity index (χ2v) is 6.86. The topological polar surface area (TPSA) is 59.3 Å². The molecule has 1 saturated heterocycles. The minimum Gasteiger partial charge on any atom is -0.383 e. The summed E-state index contributed by atoms with van der Waals surface area (Å²) in [4.78, 5) is 5.07. The Bertz CT molecular complexity index is 645. The SMILES string of the molecule is CCCC(c1nnnn1CCOC)N1CCN(Cc2ccccc2)CC1.Cl. The maximum Gasteiger partial charge on any atom is 0.168 e. The van der Waals surface area contributed by atoms with E-state index in [0.717, 1.165) is 51.4 Å². The van der Waals surface area contributed by atoms with Gasteiger partial charge in [-0.3, -0.25) is 9.80 Å². The van der Waals surface area contributed by atoms with Crippen LogP contribution in [-0.2, 0) is 17.8 Å². The third-order valence-corrected chi connectivity index (χ3v) is 5.02. The van der Waals surface area contributed by atoms with Gasteiger partial charge in [0, 0.05) is 39.8 Å². The van der Waals surface area contributed by atoms with Gasteiger partial charge in [-0.25, -0.2) is 4.68 Å². The number of methoxy groups -OCH3 is 1. The van der Waals surface area contributed by atoms with Crippen LogP contribution in [0.2, 0.25) is 0 Å². The van der Waals surface area contributed by atoms with Gasteiger partial charge in [-0.2, -0.15) is 0 Å². The largest absolute Gasteiger partial charge is 0.383 e. The molecule has 1 aliphatic heterocycles. The molecule has 0 N–H and O–H groups in total. The number of nitrogens with zero attached hydrogens (tertiary/aromatic N) is 6. The van der Waals surface area contributed by atoms with Crippen LogP contribution in [0.4, 0.5) is 0 Å². The van der Waals surface area contributed by atoms with Crippen LogP contribution in [0.3, 0.4) is 0 Å². The molecule has 8 heteroatoms. The van der Waals surface area contributed by atoms with Crippen LogP contribution in [0, 0.1) is 0 Å². The molecule has 0 radical (unpaired) electrons. The molecule has 0 bridgehead atoms. The number of hydrogen-bond acceptors (Lipinski definition) is 6. The average molecular weight is 395 g/mol. The second kappa shape index (κ2) is 11.3. The lowest BCUT2D eigenvalue weighted by molar-refractivity contribution is 0.0807. The maximum absolute atomic E-state index is 5.19.